The molecule has 9 nitrogen and oxygen atoms in total. The second kappa shape index (κ2) is 7.09. The minimum Gasteiger partial charge on any atom is -0.393 e. The highest BCUT2D eigenvalue weighted by Gasteiger charge is 2.42. The summed E-state index contributed by atoms with van der Waals surface area (Å²) in [5.41, 5.74) is -0.279. The van der Waals surface area contributed by atoms with Gasteiger partial charge in [-0.1, -0.05) is 6.58 Å². The fourth-order valence-corrected chi connectivity index (χ4v) is 1.67. The van der Waals surface area contributed by atoms with Gasteiger partial charge in [0.1, 0.15) is 30.5 Å². The summed E-state index contributed by atoms with van der Waals surface area (Å²) in [6.45, 7) is 2.32. The molecule has 0 bridgehead atoms. The van der Waals surface area contributed by atoms with Crippen molar-refractivity contribution < 1.29 is 40.2 Å². The Hall–Kier alpha value is -1.07. The predicted molar refractivity (Wildman–Crippen MR) is 64.1 cm³/mol. The van der Waals surface area contributed by atoms with Crippen LogP contribution in [0, 0.1) is 0 Å². The Morgan fingerprint density at radius 3 is 2.35 bits per heavy atom. The van der Waals surface area contributed by atoms with Gasteiger partial charge < -0.3 is 40.7 Å². The van der Waals surface area contributed by atoms with E-state index in [0.717, 1.165) is 0 Å². The molecule has 1 aliphatic heterocycles. The van der Waals surface area contributed by atoms with Gasteiger partial charge in [-0.3, -0.25) is 4.79 Å². The Balaban J connectivity index is 2.53. The van der Waals surface area contributed by atoms with Crippen LogP contribution in [-0.4, -0.2) is 86.5 Å². The lowest BCUT2D eigenvalue weighted by Gasteiger charge is -2.38. The van der Waals surface area contributed by atoms with Crippen LogP contribution in [0.2, 0.25) is 0 Å². The molecular weight excluding hydrogens is 274 g/mol. The number of hydrogen-bond donors (Lipinski definition) is 7. The monoisotopic (exact) mass is 293 g/mol. The van der Waals surface area contributed by atoms with Crippen molar-refractivity contribution in [3.8, 4) is 0 Å². The van der Waals surface area contributed by atoms with E-state index in [1.54, 1.807) is 0 Å². The molecular formula is C11H19NO8. The third kappa shape index (κ3) is 3.73. The number of hydrogen-bond acceptors (Lipinski definition) is 8. The van der Waals surface area contributed by atoms with E-state index in [-0.39, 0.29) is 12.1 Å². The fourth-order valence-electron chi connectivity index (χ4n) is 1.67. The van der Waals surface area contributed by atoms with Crippen molar-refractivity contribution in [1.82, 2.24) is 5.32 Å². The third-order valence-corrected chi connectivity index (χ3v) is 3.02. The smallest absolute Gasteiger partial charge is 0.249 e. The van der Waals surface area contributed by atoms with Gasteiger partial charge in [-0.2, -0.15) is 0 Å². The van der Waals surface area contributed by atoms with Gasteiger partial charge >= 0.3 is 0 Å². The lowest BCUT2D eigenvalue weighted by molar-refractivity contribution is -0.280. The minimum atomic E-state index is -1.69. The third-order valence-electron chi connectivity index (χ3n) is 3.02. The van der Waals surface area contributed by atoms with Crippen molar-refractivity contribution in [2.75, 3.05) is 13.2 Å². The van der Waals surface area contributed by atoms with Crippen LogP contribution in [0.1, 0.15) is 0 Å². The summed E-state index contributed by atoms with van der Waals surface area (Å²) >= 11 is 0. The first-order valence-electron chi connectivity index (χ1n) is 5.93. The SMILES string of the molecule is C=C(C(=O)NC[C@H]1OC(O)[C@H](O)[C@@H](O)[C@@H]1O)[C@H](O)CO. The summed E-state index contributed by atoms with van der Waals surface area (Å²) in [5, 5.41) is 57.7. The summed E-state index contributed by atoms with van der Waals surface area (Å²) in [4.78, 5) is 11.5. The van der Waals surface area contributed by atoms with Crippen molar-refractivity contribution in [2.45, 2.75) is 36.8 Å². The molecule has 0 radical (unpaired) electrons. The lowest BCUT2D eigenvalue weighted by Crippen LogP contribution is -2.60. The van der Waals surface area contributed by atoms with Crippen LogP contribution >= 0.6 is 0 Å². The Morgan fingerprint density at radius 2 is 1.80 bits per heavy atom. The first-order valence-corrected chi connectivity index (χ1v) is 5.93. The van der Waals surface area contributed by atoms with Crippen LogP contribution in [-0.2, 0) is 9.53 Å². The average Bonchev–Trinajstić information content (AvgIpc) is 2.45. The summed E-state index contributed by atoms with van der Waals surface area (Å²) < 4.78 is 4.84. The van der Waals surface area contributed by atoms with Gasteiger partial charge in [0.05, 0.1) is 6.61 Å². The summed E-state index contributed by atoms with van der Waals surface area (Å²) in [5.74, 6) is -0.780. The van der Waals surface area contributed by atoms with Crippen LogP contribution < -0.4 is 5.32 Å². The number of carbonyl (C=O) groups excluding carboxylic acids is 1. The molecule has 1 amide bonds. The Kier molecular flexibility index (Phi) is 6.02. The van der Waals surface area contributed by atoms with Gasteiger partial charge in [-0.05, 0) is 0 Å². The van der Waals surface area contributed by atoms with E-state index in [4.69, 9.17) is 9.84 Å². The number of rotatable bonds is 5. The quantitative estimate of drug-likeness (QED) is 0.251. The molecule has 6 atom stereocenters. The predicted octanol–water partition coefficient (Wildman–Crippen LogP) is -4.19. The summed E-state index contributed by atoms with van der Waals surface area (Å²) in [6.07, 6.45) is -9.03. The molecule has 0 aliphatic carbocycles. The van der Waals surface area contributed by atoms with E-state index in [2.05, 4.69) is 11.9 Å². The molecule has 1 saturated heterocycles. The zero-order valence-electron chi connectivity index (χ0n) is 10.6. The second-order valence-corrected chi connectivity index (χ2v) is 4.47. The number of carbonyl (C=O) groups is 1. The van der Waals surface area contributed by atoms with Crippen LogP contribution in [0.3, 0.4) is 0 Å². The Morgan fingerprint density at radius 1 is 1.20 bits per heavy atom. The maximum atomic E-state index is 11.5. The molecule has 1 aliphatic rings. The fraction of sp³-hybridized carbons (Fsp3) is 0.727. The molecule has 116 valence electrons. The van der Waals surface area contributed by atoms with E-state index in [9.17, 15) is 30.3 Å². The van der Waals surface area contributed by atoms with E-state index in [0.29, 0.717) is 0 Å². The van der Waals surface area contributed by atoms with Crippen molar-refractivity contribution >= 4 is 5.91 Å². The van der Waals surface area contributed by atoms with E-state index < -0.39 is 49.3 Å². The largest absolute Gasteiger partial charge is 0.393 e. The summed E-state index contributed by atoms with van der Waals surface area (Å²) in [7, 11) is 0. The molecule has 7 N–H and O–H groups in total. The number of amides is 1. The molecule has 0 aromatic heterocycles. The first kappa shape index (κ1) is 17.0. The molecule has 1 unspecified atom stereocenters. The van der Waals surface area contributed by atoms with Crippen molar-refractivity contribution in [2.24, 2.45) is 0 Å². The van der Waals surface area contributed by atoms with Gasteiger partial charge in [0.25, 0.3) is 0 Å². The molecule has 0 spiro atoms. The van der Waals surface area contributed by atoms with Gasteiger partial charge in [-0.25, -0.2) is 0 Å². The molecule has 1 rings (SSSR count). The molecule has 20 heavy (non-hydrogen) atoms. The number of aliphatic hydroxyl groups is 6. The van der Waals surface area contributed by atoms with Crippen LogP contribution in [0.5, 0.6) is 0 Å². The van der Waals surface area contributed by atoms with Gasteiger partial charge in [0.2, 0.25) is 5.91 Å². The highest BCUT2D eigenvalue weighted by atomic mass is 16.6. The molecule has 1 heterocycles. The standard InChI is InChI=1S/C11H19NO8/c1-4(5(14)3-13)10(18)12-2-6-7(15)8(16)9(17)11(19)20-6/h5-9,11,13-17,19H,1-3H2,(H,12,18)/t5-,6-,7-,8+,9-,11?/m1/s1. The van der Waals surface area contributed by atoms with Gasteiger partial charge in [-0.15, -0.1) is 0 Å². The van der Waals surface area contributed by atoms with E-state index in [1.807, 2.05) is 0 Å². The van der Waals surface area contributed by atoms with Crippen LogP contribution in [0.25, 0.3) is 0 Å². The number of aliphatic hydroxyl groups excluding tert-OH is 6. The topological polar surface area (TPSA) is 160 Å². The highest BCUT2D eigenvalue weighted by Crippen LogP contribution is 2.19. The summed E-state index contributed by atoms with van der Waals surface area (Å²) in [6, 6.07) is 0. The molecule has 0 aromatic carbocycles. The van der Waals surface area contributed by atoms with E-state index in [1.165, 1.54) is 0 Å². The number of ether oxygens (including phenoxy) is 1. The lowest BCUT2D eigenvalue weighted by atomic mass is 9.99. The Bertz CT molecular complexity index is 362. The number of nitrogens with one attached hydrogen (secondary N) is 1. The van der Waals surface area contributed by atoms with Crippen molar-refractivity contribution in [3.05, 3.63) is 12.2 Å². The Labute approximate surface area is 114 Å². The maximum absolute atomic E-state index is 11.5. The second-order valence-electron chi connectivity index (χ2n) is 4.47. The molecule has 1 fully saturated rings. The normalized spacial score (nSPS) is 35.4. The van der Waals surface area contributed by atoms with E-state index >= 15 is 0 Å². The highest BCUT2D eigenvalue weighted by molar-refractivity contribution is 5.93. The molecule has 0 aromatic rings. The first-order chi connectivity index (χ1) is 9.29. The molecule has 9 heteroatoms. The zero-order chi connectivity index (χ0) is 15.4. The zero-order valence-corrected chi connectivity index (χ0v) is 10.6. The van der Waals surface area contributed by atoms with Crippen LogP contribution in [0.4, 0.5) is 0 Å². The van der Waals surface area contributed by atoms with Gasteiger partial charge in [0, 0.05) is 12.1 Å². The van der Waals surface area contributed by atoms with Crippen molar-refractivity contribution in [3.63, 3.8) is 0 Å². The van der Waals surface area contributed by atoms with Crippen molar-refractivity contribution in [1.29, 1.82) is 0 Å². The maximum Gasteiger partial charge on any atom is 0.249 e. The minimum absolute atomic E-state index is 0.279. The average molecular weight is 293 g/mol. The molecule has 0 saturated carbocycles. The van der Waals surface area contributed by atoms with Gasteiger partial charge in [0.15, 0.2) is 6.29 Å². The van der Waals surface area contributed by atoms with Crippen LogP contribution in [0.15, 0.2) is 12.2 Å².